The van der Waals surface area contributed by atoms with Gasteiger partial charge in [0.05, 0.1) is 12.0 Å². The van der Waals surface area contributed by atoms with Crippen molar-refractivity contribution in [3.63, 3.8) is 0 Å². The van der Waals surface area contributed by atoms with Gasteiger partial charge in [-0.15, -0.1) is 11.6 Å². The summed E-state index contributed by atoms with van der Waals surface area (Å²) in [6.07, 6.45) is -0.466. The zero-order valence-electron chi connectivity index (χ0n) is 9.28. The molecule has 1 atom stereocenters. The molecular weight excluding hydrogens is 210 g/mol. The van der Waals surface area contributed by atoms with Gasteiger partial charge < -0.3 is 10.0 Å². The number of hydrogen-bond acceptors (Lipinski definition) is 2. The number of para-hydroxylation sites is 1. The first-order valence-corrected chi connectivity index (χ1v) is 5.77. The van der Waals surface area contributed by atoms with Crippen molar-refractivity contribution < 1.29 is 5.11 Å². The van der Waals surface area contributed by atoms with E-state index in [9.17, 15) is 5.11 Å². The van der Waals surface area contributed by atoms with Gasteiger partial charge in [0, 0.05) is 18.8 Å². The van der Waals surface area contributed by atoms with Gasteiger partial charge in [-0.25, -0.2) is 0 Å². The summed E-state index contributed by atoms with van der Waals surface area (Å²) in [4.78, 5) is 2.14. The largest absolute Gasteiger partial charge is 0.390 e. The van der Waals surface area contributed by atoms with Crippen LogP contribution in [0, 0.1) is 6.92 Å². The van der Waals surface area contributed by atoms with Crippen molar-refractivity contribution in [2.75, 3.05) is 23.9 Å². The first-order chi connectivity index (χ1) is 7.19. The zero-order valence-corrected chi connectivity index (χ0v) is 10.0. The molecule has 0 heterocycles. The lowest BCUT2D eigenvalue weighted by Gasteiger charge is -2.26. The molecule has 1 rings (SSSR count). The molecule has 84 valence electrons. The van der Waals surface area contributed by atoms with Crippen molar-refractivity contribution in [3.8, 4) is 0 Å². The maximum absolute atomic E-state index is 9.54. The van der Waals surface area contributed by atoms with Gasteiger partial charge >= 0.3 is 0 Å². The number of aryl methyl sites for hydroxylation is 1. The number of alkyl halides is 1. The van der Waals surface area contributed by atoms with Crippen LogP contribution in [0.1, 0.15) is 12.5 Å². The summed E-state index contributed by atoms with van der Waals surface area (Å²) in [6, 6.07) is 8.17. The van der Waals surface area contributed by atoms with E-state index in [1.807, 2.05) is 12.1 Å². The van der Waals surface area contributed by atoms with Gasteiger partial charge in [-0.3, -0.25) is 0 Å². The van der Waals surface area contributed by atoms with E-state index in [-0.39, 0.29) is 5.88 Å². The summed E-state index contributed by atoms with van der Waals surface area (Å²) >= 11 is 5.60. The number of hydrogen-bond donors (Lipinski definition) is 1. The van der Waals surface area contributed by atoms with Crippen LogP contribution in [0.2, 0.25) is 0 Å². The molecule has 0 aliphatic rings. The normalized spacial score (nSPS) is 12.5. The molecule has 0 aliphatic carbocycles. The fraction of sp³-hybridized carbons (Fsp3) is 0.500. The molecule has 15 heavy (non-hydrogen) atoms. The molecule has 1 aromatic rings. The fourth-order valence-electron chi connectivity index (χ4n) is 1.62. The predicted octanol–water partition coefficient (Wildman–Crippen LogP) is 2.42. The second kappa shape index (κ2) is 5.99. The van der Waals surface area contributed by atoms with E-state index in [1.165, 1.54) is 11.3 Å². The van der Waals surface area contributed by atoms with E-state index in [0.717, 1.165) is 6.54 Å². The number of rotatable bonds is 5. The third kappa shape index (κ3) is 3.40. The summed E-state index contributed by atoms with van der Waals surface area (Å²) in [5.74, 6) is 0.280. The monoisotopic (exact) mass is 227 g/mol. The van der Waals surface area contributed by atoms with Gasteiger partial charge in [0.25, 0.3) is 0 Å². The molecule has 0 aromatic heterocycles. The third-order valence-corrected chi connectivity index (χ3v) is 2.80. The van der Waals surface area contributed by atoms with E-state index in [2.05, 4.69) is 30.9 Å². The van der Waals surface area contributed by atoms with Gasteiger partial charge in [-0.05, 0) is 25.5 Å². The Balaban J connectivity index is 2.78. The predicted molar refractivity (Wildman–Crippen MR) is 65.8 cm³/mol. The van der Waals surface area contributed by atoms with Gasteiger partial charge in [-0.2, -0.15) is 0 Å². The van der Waals surface area contributed by atoms with Crippen molar-refractivity contribution in [3.05, 3.63) is 29.8 Å². The highest BCUT2D eigenvalue weighted by atomic mass is 35.5. The smallest absolute Gasteiger partial charge is 0.0850 e. The van der Waals surface area contributed by atoms with Crippen LogP contribution in [-0.4, -0.2) is 30.2 Å². The van der Waals surface area contributed by atoms with Crippen LogP contribution in [0.25, 0.3) is 0 Å². The quantitative estimate of drug-likeness (QED) is 0.781. The van der Waals surface area contributed by atoms with Crippen LogP contribution in [0.5, 0.6) is 0 Å². The molecule has 0 aliphatic heterocycles. The van der Waals surface area contributed by atoms with E-state index in [4.69, 9.17) is 11.6 Å². The first kappa shape index (κ1) is 12.3. The summed E-state index contributed by atoms with van der Waals surface area (Å²) in [7, 11) is 0. The SMILES string of the molecule is CCN(CC(O)CCl)c1ccccc1C. The minimum atomic E-state index is -0.466. The van der Waals surface area contributed by atoms with Crippen molar-refractivity contribution in [1.29, 1.82) is 0 Å². The number of likely N-dealkylation sites (N-methyl/N-ethyl adjacent to an activating group) is 1. The number of anilines is 1. The highest BCUT2D eigenvalue weighted by Crippen LogP contribution is 2.19. The number of aliphatic hydroxyl groups excluding tert-OH is 1. The standard InChI is InChI=1S/C12H18ClNO/c1-3-14(9-11(15)8-13)12-7-5-4-6-10(12)2/h4-7,11,15H,3,8-9H2,1-2H3. The lowest BCUT2D eigenvalue weighted by molar-refractivity contribution is 0.203. The highest BCUT2D eigenvalue weighted by molar-refractivity contribution is 6.18. The molecule has 0 amide bonds. The second-order valence-corrected chi connectivity index (χ2v) is 3.94. The van der Waals surface area contributed by atoms with Crippen LogP contribution >= 0.6 is 11.6 Å². The van der Waals surface area contributed by atoms with Crippen LogP contribution in [0.4, 0.5) is 5.69 Å². The number of benzene rings is 1. The minimum absolute atomic E-state index is 0.280. The van der Waals surface area contributed by atoms with Crippen molar-refractivity contribution in [2.24, 2.45) is 0 Å². The van der Waals surface area contributed by atoms with Crippen molar-refractivity contribution in [1.82, 2.24) is 0 Å². The summed E-state index contributed by atoms with van der Waals surface area (Å²) in [5, 5.41) is 9.54. The topological polar surface area (TPSA) is 23.5 Å². The number of halogens is 1. The maximum atomic E-state index is 9.54. The first-order valence-electron chi connectivity index (χ1n) is 5.23. The Kier molecular flexibility index (Phi) is 4.92. The molecule has 0 fully saturated rings. The second-order valence-electron chi connectivity index (χ2n) is 3.63. The fourth-order valence-corrected chi connectivity index (χ4v) is 1.72. The van der Waals surface area contributed by atoms with E-state index in [0.29, 0.717) is 6.54 Å². The average molecular weight is 228 g/mol. The van der Waals surface area contributed by atoms with E-state index >= 15 is 0 Å². The molecule has 1 N–H and O–H groups in total. The Morgan fingerprint density at radius 3 is 2.60 bits per heavy atom. The Bertz CT molecular complexity index is 303. The molecule has 3 heteroatoms. The van der Waals surface area contributed by atoms with Crippen LogP contribution in [0.3, 0.4) is 0 Å². The van der Waals surface area contributed by atoms with E-state index in [1.54, 1.807) is 0 Å². The highest BCUT2D eigenvalue weighted by Gasteiger charge is 2.11. The van der Waals surface area contributed by atoms with Crippen LogP contribution in [0.15, 0.2) is 24.3 Å². The summed E-state index contributed by atoms with van der Waals surface area (Å²) in [5.41, 5.74) is 2.39. The third-order valence-electron chi connectivity index (χ3n) is 2.45. The molecule has 1 unspecified atom stereocenters. The summed E-state index contributed by atoms with van der Waals surface area (Å²) in [6.45, 7) is 5.61. The molecule has 2 nitrogen and oxygen atoms in total. The molecule has 0 radical (unpaired) electrons. The molecular formula is C12H18ClNO. The van der Waals surface area contributed by atoms with Crippen molar-refractivity contribution >= 4 is 17.3 Å². The summed E-state index contributed by atoms with van der Waals surface area (Å²) < 4.78 is 0. The Morgan fingerprint density at radius 1 is 1.40 bits per heavy atom. The lowest BCUT2D eigenvalue weighted by atomic mass is 10.1. The molecule has 0 spiro atoms. The van der Waals surface area contributed by atoms with Crippen molar-refractivity contribution in [2.45, 2.75) is 20.0 Å². The Labute approximate surface area is 96.5 Å². The van der Waals surface area contributed by atoms with Gasteiger partial charge in [0.15, 0.2) is 0 Å². The van der Waals surface area contributed by atoms with E-state index < -0.39 is 6.10 Å². The average Bonchev–Trinajstić information content (AvgIpc) is 2.26. The molecule has 0 saturated carbocycles. The van der Waals surface area contributed by atoms with Gasteiger partial charge in [-0.1, -0.05) is 18.2 Å². The maximum Gasteiger partial charge on any atom is 0.0850 e. The Morgan fingerprint density at radius 2 is 2.07 bits per heavy atom. The number of nitrogens with zero attached hydrogens (tertiary/aromatic N) is 1. The van der Waals surface area contributed by atoms with Crippen LogP contribution in [-0.2, 0) is 0 Å². The van der Waals surface area contributed by atoms with Crippen LogP contribution < -0.4 is 4.90 Å². The molecule has 0 saturated heterocycles. The molecule has 1 aromatic carbocycles. The molecule has 0 bridgehead atoms. The number of aliphatic hydroxyl groups is 1. The minimum Gasteiger partial charge on any atom is -0.390 e. The van der Waals surface area contributed by atoms with Gasteiger partial charge in [0.1, 0.15) is 0 Å². The van der Waals surface area contributed by atoms with Gasteiger partial charge in [0.2, 0.25) is 0 Å². The zero-order chi connectivity index (χ0) is 11.3. The Hall–Kier alpha value is -0.730. The lowest BCUT2D eigenvalue weighted by Crippen LogP contribution is -2.33.